The Kier molecular flexibility index (Phi) is 4.65. The molecule has 0 N–H and O–H groups in total. The second kappa shape index (κ2) is 6.65. The molecule has 0 radical (unpaired) electrons. The fraction of sp³-hybridized carbons (Fsp3) is 0.267. The first-order valence-corrected chi connectivity index (χ1v) is 6.44. The molecule has 0 bridgehead atoms. The van der Waals surface area contributed by atoms with E-state index < -0.39 is 0 Å². The molecule has 0 fully saturated rings. The van der Waals surface area contributed by atoms with Gasteiger partial charge in [-0.1, -0.05) is 6.07 Å². The largest absolute Gasteiger partial charge is 0.477 e. The molecule has 2 heterocycles. The molecule has 0 aliphatic heterocycles. The zero-order valence-electron chi connectivity index (χ0n) is 11.6. The van der Waals surface area contributed by atoms with Gasteiger partial charge in [-0.05, 0) is 30.7 Å². The Morgan fingerprint density at radius 3 is 2.80 bits per heavy atom. The molecule has 5 nitrogen and oxygen atoms in total. The zero-order chi connectivity index (χ0) is 14.4. The van der Waals surface area contributed by atoms with E-state index in [1.165, 1.54) is 0 Å². The fourth-order valence-corrected chi connectivity index (χ4v) is 1.85. The molecule has 2 aromatic heterocycles. The lowest BCUT2D eigenvalue weighted by molar-refractivity contribution is 0.0780. The van der Waals surface area contributed by atoms with E-state index in [1.54, 1.807) is 42.7 Å². The van der Waals surface area contributed by atoms with Crippen molar-refractivity contribution < 1.29 is 9.53 Å². The van der Waals surface area contributed by atoms with Gasteiger partial charge in [0.25, 0.3) is 5.91 Å². The van der Waals surface area contributed by atoms with Crippen molar-refractivity contribution in [1.29, 1.82) is 0 Å². The van der Waals surface area contributed by atoms with Crippen LogP contribution in [0.4, 0.5) is 0 Å². The summed E-state index contributed by atoms with van der Waals surface area (Å²) < 4.78 is 5.39. The average molecular weight is 271 g/mol. The Morgan fingerprint density at radius 1 is 1.30 bits per heavy atom. The summed E-state index contributed by atoms with van der Waals surface area (Å²) in [6.07, 6.45) is 5.07. The third-order valence-electron chi connectivity index (χ3n) is 2.77. The SMILES string of the molecule is CCOc1ncccc1C(=O)N(C)Cc1cccnc1. The smallest absolute Gasteiger partial charge is 0.259 e. The topological polar surface area (TPSA) is 55.3 Å². The summed E-state index contributed by atoms with van der Waals surface area (Å²) in [4.78, 5) is 22.2. The quantitative estimate of drug-likeness (QED) is 0.836. The monoisotopic (exact) mass is 271 g/mol. The number of amides is 1. The number of nitrogens with zero attached hydrogens (tertiary/aromatic N) is 3. The van der Waals surface area contributed by atoms with Crippen molar-refractivity contribution in [3.05, 3.63) is 54.0 Å². The number of ether oxygens (including phenoxy) is 1. The summed E-state index contributed by atoms with van der Waals surface area (Å²) in [6, 6.07) is 7.24. The highest BCUT2D eigenvalue weighted by Crippen LogP contribution is 2.17. The zero-order valence-corrected chi connectivity index (χ0v) is 11.6. The molecule has 0 unspecified atom stereocenters. The molecule has 0 aliphatic carbocycles. The van der Waals surface area contributed by atoms with Gasteiger partial charge in [-0.25, -0.2) is 4.98 Å². The summed E-state index contributed by atoms with van der Waals surface area (Å²) in [5.74, 6) is 0.253. The molecule has 0 saturated carbocycles. The Labute approximate surface area is 118 Å². The van der Waals surface area contributed by atoms with Crippen LogP contribution in [0.15, 0.2) is 42.9 Å². The van der Waals surface area contributed by atoms with E-state index in [0.29, 0.717) is 24.6 Å². The summed E-state index contributed by atoms with van der Waals surface area (Å²) >= 11 is 0. The van der Waals surface area contributed by atoms with Gasteiger partial charge in [-0.2, -0.15) is 0 Å². The maximum Gasteiger partial charge on any atom is 0.259 e. The van der Waals surface area contributed by atoms with Crippen molar-refractivity contribution in [2.24, 2.45) is 0 Å². The van der Waals surface area contributed by atoms with Gasteiger partial charge in [0, 0.05) is 32.2 Å². The predicted molar refractivity (Wildman–Crippen MR) is 75.4 cm³/mol. The summed E-state index contributed by atoms with van der Waals surface area (Å²) in [5, 5.41) is 0. The molecule has 0 aromatic carbocycles. The first kappa shape index (κ1) is 14.0. The lowest BCUT2D eigenvalue weighted by Crippen LogP contribution is -2.27. The van der Waals surface area contributed by atoms with E-state index in [1.807, 2.05) is 19.1 Å². The number of hydrogen-bond donors (Lipinski definition) is 0. The third-order valence-corrected chi connectivity index (χ3v) is 2.77. The Morgan fingerprint density at radius 2 is 2.10 bits per heavy atom. The van der Waals surface area contributed by atoms with E-state index in [0.717, 1.165) is 5.56 Å². The number of carbonyl (C=O) groups excluding carboxylic acids is 1. The van der Waals surface area contributed by atoms with Crippen LogP contribution in [0.3, 0.4) is 0 Å². The molecule has 1 amide bonds. The first-order valence-electron chi connectivity index (χ1n) is 6.44. The fourth-order valence-electron chi connectivity index (χ4n) is 1.85. The molecule has 5 heteroatoms. The molecular weight excluding hydrogens is 254 g/mol. The molecule has 2 rings (SSSR count). The van der Waals surface area contributed by atoms with Gasteiger partial charge in [0.15, 0.2) is 0 Å². The molecular formula is C15H17N3O2. The highest BCUT2D eigenvalue weighted by atomic mass is 16.5. The average Bonchev–Trinajstić information content (AvgIpc) is 2.48. The van der Waals surface area contributed by atoms with Gasteiger partial charge in [-0.3, -0.25) is 9.78 Å². The highest BCUT2D eigenvalue weighted by Gasteiger charge is 2.17. The number of hydrogen-bond acceptors (Lipinski definition) is 4. The second-order valence-electron chi connectivity index (χ2n) is 4.31. The van der Waals surface area contributed by atoms with Gasteiger partial charge < -0.3 is 9.64 Å². The summed E-state index contributed by atoms with van der Waals surface area (Å²) in [5.41, 5.74) is 1.45. The molecule has 0 spiro atoms. The van der Waals surface area contributed by atoms with Gasteiger partial charge in [0.2, 0.25) is 5.88 Å². The lowest BCUT2D eigenvalue weighted by Gasteiger charge is -2.18. The van der Waals surface area contributed by atoms with E-state index in [2.05, 4.69) is 9.97 Å². The molecule has 20 heavy (non-hydrogen) atoms. The maximum absolute atomic E-state index is 12.4. The molecule has 0 atom stereocenters. The van der Waals surface area contributed by atoms with Crippen molar-refractivity contribution in [3.8, 4) is 5.88 Å². The van der Waals surface area contributed by atoms with Crippen LogP contribution in [0.5, 0.6) is 5.88 Å². The summed E-state index contributed by atoms with van der Waals surface area (Å²) in [6.45, 7) is 2.83. The number of rotatable bonds is 5. The number of carbonyl (C=O) groups is 1. The minimum atomic E-state index is -0.120. The van der Waals surface area contributed by atoms with Crippen LogP contribution in [0.1, 0.15) is 22.8 Å². The summed E-state index contributed by atoms with van der Waals surface area (Å²) in [7, 11) is 1.75. The Bertz CT molecular complexity index is 572. The normalized spacial score (nSPS) is 10.1. The minimum Gasteiger partial charge on any atom is -0.477 e. The van der Waals surface area contributed by atoms with Crippen molar-refractivity contribution in [2.75, 3.05) is 13.7 Å². The minimum absolute atomic E-state index is 0.120. The van der Waals surface area contributed by atoms with Gasteiger partial charge in [0.1, 0.15) is 5.56 Å². The van der Waals surface area contributed by atoms with Crippen molar-refractivity contribution in [3.63, 3.8) is 0 Å². The van der Waals surface area contributed by atoms with Gasteiger partial charge in [-0.15, -0.1) is 0 Å². The van der Waals surface area contributed by atoms with E-state index >= 15 is 0 Å². The predicted octanol–water partition coefficient (Wildman–Crippen LogP) is 2.15. The van der Waals surface area contributed by atoms with E-state index in [4.69, 9.17) is 4.74 Å². The molecule has 0 saturated heterocycles. The Balaban J connectivity index is 2.14. The van der Waals surface area contributed by atoms with Crippen LogP contribution in [0.25, 0.3) is 0 Å². The van der Waals surface area contributed by atoms with Crippen LogP contribution >= 0.6 is 0 Å². The second-order valence-corrected chi connectivity index (χ2v) is 4.31. The highest BCUT2D eigenvalue weighted by molar-refractivity contribution is 5.96. The number of aromatic nitrogens is 2. The van der Waals surface area contributed by atoms with Crippen LogP contribution in [-0.2, 0) is 6.54 Å². The van der Waals surface area contributed by atoms with Crippen LogP contribution < -0.4 is 4.74 Å². The Hall–Kier alpha value is -2.43. The maximum atomic E-state index is 12.4. The van der Waals surface area contributed by atoms with Crippen molar-refractivity contribution in [1.82, 2.24) is 14.9 Å². The molecule has 104 valence electrons. The lowest BCUT2D eigenvalue weighted by atomic mass is 10.2. The first-order chi connectivity index (χ1) is 9.72. The van der Waals surface area contributed by atoms with Gasteiger partial charge >= 0.3 is 0 Å². The molecule has 2 aromatic rings. The molecule has 0 aliphatic rings. The third kappa shape index (κ3) is 3.32. The van der Waals surface area contributed by atoms with Crippen LogP contribution in [0, 0.1) is 0 Å². The van der Waals surface area contributed by atoms with Crippen molar-refractivity contribution >= 4 is 5.91 Å². The van der Waals surface area contributed by atoms with Gasteiger partial charge in [0.05, 0.1) is 6.61 Å². The van der Waals surface area contributed by atoms with Crippen LogP contribution in [0.2, 0.25) is 0 Å². The van der Waals surface area contributed by atoms with E-state index in [-0.39, 0.29) is 5.91 Å². The number of pyridine rings is 2. The standard InChI is InChI=1S/C15H17N3O2/c1-3-20-14-13(7-5-9-17-14)15(19)18(2)11-12-6-4-8-16-10-12/h4-10H,3,11H2,1-2H3. The van der Waals surface area contributed by atoms with Crippen molar-refractivity contribution in [2.45, 2.75) is 13.5 Å². The van der Waals surface area contributed by atoms with Crippen LogP contribution in [-0.4, -0.2) is 34.4 Å². The van der Waals surface area contributed by atoms with E-state index in [9.17, 15) is 4.79 Å².